The standard InChI is InChI=1S/C48H76N4O4/c1-3-5-7-9-11-13-15-19-39-31-41(47(53)43(33-39)37-51-23-27-55-28-24-51)35-49-45-21-17-18-22-46(45)50-36-42-32-40(20-16-14-12-10-8-6-4-2)34-44(48(42)54)38-52-25-29-56-30-26-52/h31-36,45-46,53-54H,3-30,37-38H2,1-2H3/t45-,46-/m0/s1. The summed E-state index contributed by atoms with van der Waals surface area (Å²) in [4.78, 5) is 15.1. The Hall–Kier alpha value is -2.78. The number of morpholine rings is 2. The molecule has 8 nitrogen and oxygen atoms in total. The first-order valence-corrected chi connectivity index (χ1v) is 22.9. The molecule has 2 N–H and O–H groups in total. The molecular formula is C48H76N4O4. The number of aromatic hydroxyl groups is 2. The molecule has 312 valence electrons. The topological polar surface area (TPSA) is 90.1 Å². The Morgan fingerprint density at radius 1 is 0.554 bits per heavy atom. The quantitative estimate of drug-likeness (QED) is 0.0816. The zero-order valence-electron chi connectivity index (χ0n) is 35.3. The van der Waals surface area contributed by atoms with Crippen LogP contribution in [0.5, 0.6) is 11.5 Å². The molecule has 0 aromatic heterocycles. The maximum absolute atomic E-state index is 11.6. The van der Waals surface area contributed by atoms with Crippen molar-refractivity contribution in [1.82, 2.24) is 9.80 Å². The van der Waals surface area contributed by atoms with Crippen molar-refractivity contribution in [2.24, 2.45) is 9.98 Å². The van der Waals surface area contributed by atoms with Crippen LogP contribution in [0.1, 0.15) is 163 Å². The average Bonchev–Trinajstić information content (AvgIpc) is 3.22. The summed E-state index contributed by atoms with van der Waals surface area (Å²) < 4.78 is 11.2. The molecule has 2 aliphatic heterocycles. The second kappa shape index (κ2) is 25.6. The van der Waals surface area contributed by atoms with Crippen molar-refractivity contribution in [3.63, 3.8) is 0 Å². The van der Waals surface area contributed by atoms with Crippen LogP contribution in [-0.2, 0) is 35.4 Å². The average molecular weight is 773 g/mol. The Morgan fingerprint density at radius 2 is 0.929 bits per heavy atom. The van der Waals surface area contributed by atoms with E-state index in [0.717, 1.165) is 126 Å². The molecule has 0 spiro atoms. The number of benzene rings is 2. The molecule has 0 bridgehead atoms. The lowest BCUT2D eigenvalue weighted by Gasteiger charge is -2.27. The highest BCUT2D eigenvalue weighted by Gasteiger charge is 2.24. The molecular weight excluding hydrogens is 697 g/mol. The lowest BCUT2D eigenvalue weighted by molar-refractivity contribution is 0.0338. The fraction of sp³-hybridized carbons (Fsp3) is 0.708. The van der Waals surface area contributed by atoms with Crippen LogP contribution in [0.2, 0.25) is 0 Å². The van der Waals surface area contributed by atoms with Crippen LogP contribution in [0, 0.1) is 0 Å². The summed E-state index contributed by atoms with van der Waals surface area (Å²) in [5.41, 5.74) is 6.22. The fourth-order valence-corrected chi connectivity index (χ4v) is 8.67. The predicted octanol–water partition coefficient (Wildman–Crippen LogP) is 10.2. The number of phenols is 2. The summed E-state index contributed by atoms with van der Waals surface area (Å²) in [7, 11) is 0. The predicted molar refractivity (Wildman–Crippen MR) is 233 cm³/mol. The largest absolute Gasteiger partial charge is 0.507 e. The lowest BCUT2D eigenvalue weighted by Crippen LogP contribution is -2.35. The van der Waals surface area contributed by atoms with Crippen molar-refractivity contribution in [3.05, 3.63) is 57.6 Å². The first kappa shape index (κ1) is 44.3. The van der Waals surface area contributed by atoms with E-state index in [4.69, 9.17) is 19.5 Å². The molecule has 2 saturated heterocycles. The van der Waals surface area contributed by atoms with Gasteiger partial charge in [-0.2, -0.15) is 0 Å². The molecule has 2 heterocycles. The minimum Gasteiger partial charge on any atom is -0.507 e. The van der Waals surface area contributed by atoms with Gasteiger partial charge in [0.1, 0.15) is 11.5 Å². The number of aliphatic imine (C=N–C) groups is 2. The van der Waals surface area contributed by atoms with Crippen LogP contribution in [0.25, 0.3) is 0 Å². The SMILES string of the molecule is CCCCCCCCCc1cc(C=N[C@H]2CCCC[C@@H]2N=Cc2cc(CCCCCCCCC)cc(CN3CCOCC3)c2O)c(O)c(CN2CCOCC2)c1. The van der Waals surface area contributed by atoms with E-state index in [-0.39, 0.29) is 12.1 Å². The van der Waals surface area contributed by atoms with Crippen molar-refractivity contribution in [1.29, 1.82) is 0 Å². The summed E-state index contributed by atoms with van der Waals surface area (Å²) in [6, 6.07) is 8.89. The number of phenolic OH excluding ortho intramolecular Hbond substituents is 2. The Kier molecular flexibility index (Phi) is 20.2. The number of hydrogen-bond acceptors (Lipinski definition) is 8. The van der Waals surface area contributed by atoms with Crippen molar-refractivity contribution in [2.45, 2.75) is 167 Å². The van der Waals surface area contributed by atoms with Gasteiger partial charge < -0.3 is 19.7 Å². The molecule has 2 atom stereocenters. The minimum atomic E-state index is 0.0414. The van der Waals surface area contributed by atoms with E-state index in [1.807, 2.05) is 12.4 Å². The third-order valence-electron chi connectivity index (χ3n) is 12.2. The van der Waals surface area contributed by atoms with Crippen molar-refractivity contribution < 1.29 is 19.7 Å². The van der Waals surface area contributed by atoms with Gasteiger partial charge >= 0.3 is 0 Å². The molecule has 1 saturated carbocycles. The fourth-order valence-electron chi connectivity index (χ4n) is 8.67. The maximum Gasteiger partial charge on any atom is 0.128 e. The van der Waals surface area contributed by atoms with Gasteiger partial charge in [0.05, 0.1) is 38.5 Å². The van der Waals surface area contributed by atoms with Gasteiger partial charge in [-0.3, -0.25) is 19.8 Å². The van der Waals surface area contributed by atoms with Crippen molar-refractivity contribution in [3.8, 4) is 11.5 Å². The number of ether oxygens (including phenoxy) is 2. The molecule has 3 aliphatic rings. The first-order chi connectivity index (χ1) is 27.5. The van der Waals surface area contributed by atoms with Crippen molar-refractivity contribution >= 4 is 12.4 Å². The Labute approximate surface area is 340 Å². The van der Waals surface area contributed by atoms with Gasteiger partial charge in [-0.05, 0) is 61.8 Å². The van der Waals surface area contributed by atoms with Gasteiger partial charge in [-0.1, -0.05) is 116 Å². The van der Waals surface area contributed by atoms with Crippen LogP contribution in [0.3, 0.4) is 0 Å². The van der Waals surface area contributed by atoms with E-state index in [9.17, 15) is 10.2 Å². The van der Waals surface area contributed by atoms with E-state index in [2.05, 4.69) is 47.9 Å². The number of hydrogen-bond donors (Lipinski definition) is 2. The van der Waals surface area contributed by atoms with Crippen LogP contribution < -0.4 is 0 Å². The number of nitrogens with zero attached hydrogens (tertiary/aromatic N) is 4. The van der Waals surface area contributed by atoms with Crippen LogP contribution >= 0.6 is 0 Å². The second-order valence-corrected chi connectivity index (χ2v) is 16.9. The number of aryl methyl sites for hydroxylation is 2. The molecule has 56 heavy (non-hydrogen) atoms. The van der Waals surface area contributed by atoms with Gasteiger partial charge in [0.25, 0.3) is 0 Å². The van der Waals surface area contributed by atoms with Crippen molar-refractivity contribution in [2.75, 3.05) is 52.6 Å². The zero-order chi connectivity index (χ0) is 39.2. The molecule has 3 fully saturated rings. The van der Waals surface area contributed by atoms with E-state index >= 15 is 0 Å². The summed E-state index contributed by atoms with van der Waals surface area (Å²) in [6.07, 6.45) is 28.2. The molecule has 8 heteroatoms. The summed E-state index contributed by atoms with van der Waals surface area (Å²) in [5.74, 6) is 0.713. The lowest BCUT2D eigenvalue weighted by atomic mass is 9.91. The summed E-state index contributed by atoms with van der Waals surface area (Å²) >= 11 is 0. The van der Waals surface area contributed by atoms with Gasteiger partial charge in [0.15, 0.2) is 0 Å². The molecule has 0 radical (unpaired) electrons. The van der Waals surface area contributed by atoms with Crippen LogP contribution in [0.4, 0.5) is 0 Å². The minimum absolute atomic E-state index is 0.0414. The second-order valence-electron chi connectivity index (χ2n) is 16.9. The first-order valence-electron chi connectivity index (χ1n) is 22.9. The molecule has 0 amide bonds. The van der Waals surface area contributed by atoms with Gasteiger partial charge in [0.2, 0.25) is 0 Å². The Morgan fingerprint density at radius 3 is 1.32 bits per heavy atom. The molecule has 2 aromatic rings. The summed E-state index contributed by atoms with van der Waals surface area (Å²) in [5, 5.41) is 23.2. The van der Waals surface area contributed by atoms with E-state index in [1.54, 1.807) is 0 Å². The molecule has 5 rings (SSSR count). The molecule has 0 unspecified atom stereocenters. The number of unbranched alkanes of at least 4 members (excludes halogenated alkanes) is 12. The Balaban J connectivity index is 1.30. The molecule has 2 aromatic carbocycles. The van der Waals surface area contributed by atoms with Crippen LogP contribution in [-0.4, -0.2) is 97.1 Å². The highest BCUT2D eigenvalue weighted by Crippen LogP contribution is 2.30. The van der Waals surface area contributed by atoms with E-state index < -0.39 is 0 Å². The van der Waals surface area contributed by atoms with Gasteiger partial charge in [-0.15, -0.1) is 0 Å². The number of rotatable bonds is 24. The third kappa shape index (κ3) is 15.2. The van der Waals surface area contributed by atoms with Gasteiger partial charge in [0, 0.05) is 74.0 Å². The monoisotopic (exact) mass is 773 g/mol. The van der Waals surface area contributed by atoms with Gasteiger partial charge in [-0.25, -0.2) is 0 Å². The molecule has 1 aliphatic carbocycles. The van der Waals surface area contributed by atoms with Crippen LogP contribution in [0.15, 0.2) is 34.3 Å². The third-order valence-corrected chi connectivity index (χ3v) is 12.2. The summed E-state index contributed by atoms with van der Waals surface area (Å²) in [6.45, 7) is 12.5. The maximum atomic E-state index is 11.6. The smallest absolute Gasteiger partial charge is 0.128 e. The van der Waals surface area contributed by atoms with E-state index in [0.29, 0.717) is 11.5 Å². The van der Waals surface area contributed by atoms with E-state index in [1.165, 1.54) is 101 Å². The Bertz CT molecular complexity index is 1360. The zero-order valence-corrected chi connectivity index (χ0v) is 35.3. The highest BCUT2D eigenvalue weighted by atomic mass is 16.5. The normalized spacial score (nSPS) is 20.1. The highest BCUT2D eigenvalue weighted by molar-refractivity contribution is 5.85.